The average molecular weight is 264 g/mol. The van der Waals surface area contributed by atoms with Crippen LogP contribution in [0.3, 0.4) is 0 Å². The minimum Gasteiger partial charge on any atom is -0.481 e. The van der Waals surface area contributed by atoms with Gasteiger partial charge in [0, 0.05) is 19.3 Å². The molecule has 0 bridgehead atoms. The van der Waals surface area contributed by atoms with Crippen LogP contribution >= 0.6 is 0 Å². The van der Waals surface area contributed by atoms with E-state index < -0.39 is 12.0 Å². The van der Waals surface area contributed by atoms with Crippen molar-refractivity contribution in [3.63, 3.8) is 0 Å². The zero-order valence-corrected chi connectivity index (χ0v) is 10.9. The van der Waals surface area contributed by atoms with Crippen LogP contribution in [0.5, 0.6) is 0 Å². The number of aryl methyl sites for hydroxylation is 2. The van der Waals surface area contributed by atoms with Crippen LogP contribution in [-0.4, -0.2) is 46.1 Å². The molecule has 1 aliphatic rings. The molecular formula is C12H16N4O3. The molecule has 1 aliphatic heterocycles. The minimum atomic E-state index is -1.01. The first-order valence-corrected chi connectivity index (χ1v) is 6.05. The van der Waals surface area contributed by atoms with Gasteiger partial charge in [-0.1, -0.05) is 0 Å². The van der Waals surface area contributed by atoms with Crippen molar-refractivity contribution in [1.29, 1.82) is 0 Å². The zero-order chi connectivity index (χ0) is 14.0. The van der Waals surface area contributed by atoms with Gasteiger partial charge in [-0.05, 0) is 13.8 Å². The van der Waals surface area contributed by atoms with Crippen LogP contribution in [0.25, 0.3) is 0 Å². The molecular weight excluding hydrogens is 248 g/mol. The predicted molar refractivity (Wildman–Crippen MR) is 67.9 cm³/mol. The lowest BCUT2D eigenvalue weighted by atomic mass is 10.1. The van der Waals surface area contributed by atoms with Crippen LogP contribution in [0.4, 0.5) is 5.82 Å². The second-order valence-corrected chi connectivity index (χ2v) is 4.52. The van der Waals surface area contributed by atoms with Gasteiger partial charge in [0.05, 0.1) is 17.8 Å². The van der Waals surface area contributed by atoms with Crippen LogP contribution in [0.1, 0.15) is 17.8 Å². The lowest BCUT2D eigenvalue weighted by Gasteiger charge is -2.35. The van der Waals surface area contributed by atoms with Crippen LogP contribution in [0.15, 0.2) is 6.20 Å². The highest BCUT2D eigenvalue weighted by Gasteiger charge is 2.33. The molecule has 1 atom stereocenters. The molecule has 2 heterocycles. The number of nitrogens with zero attached hydrogens (tertiary/aromatic N) is 3. The average Bonchev–Trinajstić information content (AvgIpc) is 2.34. The Bertz CT molecular complexity index is 518. The molecule has 0 spiro atoms. The molecule has 1 unspecified atom stereocenters. The van der Waals surface area contributed by atoms with E-state index in [2.05, 4.69) is 15.3 Å². The molecule has 7 heteroatoms. The normalized spacial score (nSPS) is 19.2. The molecule has 19 heavy (non-hydrogen) atoms. The number of carbonyl (C=O) groups excluding carboxylic acids is 1. The molecule has 2 rings (SSSR count). The maximum Gasteiger partial charge on any atom is 0.305 e. The first-order valence-electron chi connectivity index (χ1n) is 6.05. The first-order chi connectivity index (χ1) is 8.99. The summed E-state index contributed by atoms with van der Waals surface area (Å²) in [4.78, 5) is 33.1. The van der Waals surface area contributed by atoms with Crippen LogP contribution in [-0.2, 0) is 9.59 Å². The van der Waals surface area contributed by atoms with Gasteiger partial charge in [0.2, 0.25) is 5.91 Å². The molecule has 1 amide bonds. The van der Waals surface area contributed by atoms with E-state index in [0.717, 1.165) is 5.69 Å². The number of carboxylic acid groups (broad SMARTS) is 1. The van der Waals surface area contributed by atoms with E-state index in [1.807, 2.05) is 6.92 Å². The van der Waals surface area contributed by atoms with Gasteiger partial charge in [-0.25, -0.2) is 4.98 Å². The smallest absolute Gasteiger partial charge is 0.305 e. The number of aliphatic carboxylic acids is 1. The molecule has 0 radical (unpaired) electrons. The number of nitrogens with one attached hydrogen (secondary N) is 1. The Morgan fingerprint density at radius 2 is 2.32 bits per heavy atom. The summed E-state index contributed by atoms with van der Waals surface area (Å²) in [6.07, 6.45) is 1.40. The van der Waals surface area contributed by atoms with Crippen molar-refractivity contribution in [3.8, 4) is 0 Å². The second kappa shape index (κ2) is 5.21. The molecule has 1 saturated heterocycles. The molecule has 1 aromatic rings. The van der Waals surface area contributed by atoms with E-state index >= 15 is 0 Å². The van der Waals surface area contributed by atoms with Gasteiger partial charge < -0.3 is 15.3 Å². The summed E-state index contributed by atoms with van der Waals surface area (Å²) >= 11 is 0. The summed E-state index contributed by atoms with van der Waals surface area (Å²) < 4.78 is 0. The van der Waals surface area contributed by atoms with Crippen molar-refractivity contribution in [2.45, 2.75) is 26.3 Å². The Hall–Kier alpha value is -2.18. The lowest BCUT2D eigenvalue weighted by Crippen LogP contribution is -2.56. The van der Waals surface area contributed by atoms with Gasteiger partial charge in [-0.3, -0.25) is 14.6 Å². The summed E-state index contributed by atoms with van der Waals surface area (Å²) in [5.74, 6) is -0.706. The van der Waals surface area contributed by atoms with Gasteiger partial charge in [-0.15, -0.1) is 0 Å². The third-order valence-electron chi connectivity index (χ3n) is 3.02. The number of rotatable bonds is 3. The molecule has 2 N–H and O–H groups in total. The highest BCUT2D eigenvalue weighted by molar-refractivity contribution is 5.90. The summed E-state index contributed by atoms with van der Waals surface area (Å²) in [5.41, 5.74) is 1.43. The Kier molecular flexibility index (Phi) is 3.64. The highest BCUT2D eigenvalue weighted by atomic mass is 16.4. The molecule has 7 nitrogen and oxygen atoms in total. The number of piperazine rings is 1. The van der Waals surface area contributed by atoms with Crippen molar-refractivity contribution in [2.24, 2.45) is 0 Å². The summed E-state index contributed by atoms with van der Waals surface area (Å²) in [5, 5.41) is 11.6. The van der Waals surface area contributed by atoms with Crippen LogP contribution < -0.4 is 10.2 Å². The summed E-state index contributed by atoms with van der Waals surface area (Å²) in [6, 6.07) is -0.735. The van der Waals surface area contributed by atoms with Gasteiger partial charge in [0.15, 0.2) is 5.82 Å². The Labute approximate surface area is 110 Å². The number of carboxylic acids is 1. The third kappa shape index (κ3) is 2.81. The Morgan fingerprint density at radius 3 is 3.00 bits per heavy atom. The Morgan fingerprint density at radius 1 is 1.58 bits per heavy atom. The molecule has 102 valence electrons. The molecule has 0 aliphatic carbocycles. The van der Waals surface area contributed by atoms with Gasteiger partial charge in [0.25, 0.3) is 0 Å². The van der Waals surface area contributed by atoms with Crippen molar-refractivity contribution in [2.75, 3.05) is 18.0 Å². The van der Waals surface area contributed by atoms with E-state index in [-0.39, 0.29) is 12.3 Å². The first kappa shape index (κ1) is 13.3. The fraction of sp³-hybridized carbons (Fsp3) is 0.500. The monoisotopic (exact) mass is 264 g/mol. The van der Waals surface area contributed by atoms with E-state index in [1.165, 1.54) is 0 Å². The van der Waals surface area contributed by atoms with Crippen molar-refractivity contribution in [3.05, 3.63) is 17.6 Å². The third-order valence-corrected chi connectivity index (χ3v) is 3.02. The quantitative estimate of drug-likeness (QED) is 0.789. The fourth-order valence-corrected chi connectivity index (χ4v) is 2.13. The standard InChI is InChI=1S/C12H16N4O3/c1-7-6-14-8(2)11(15-7)16-4-3-13-12(19)9(16)5-10(17)18/h6,9H,3-5H2,1-2H3,(H,13,19)(H,17,18). The van der Waals surface area contributed by atoms with Gasteiger partial charge in [-0.2, -0.15) is 0 Å². The minimum absolute atomic E-state index is 0.249. The van der Waals surface area contributed by atoms with Crippen molar-refractivity contribution >= 4 is 17.7 Å². The summed E-state index contributed by atoms with van der Waals surface area (Å²) in [6.45, 7) is 4.62. The number of carbonyl (C=O) groups is 2. The topological polar surface area (TPSA) is 95.4 Å². The molecule has 1 fully saturated rings. The lowest BCUT2D eigenvalue weighted by molar-refractivity contribution is -0.139. The van der Waals surface area contributed by atoms with Crippen LogP contribution in [0.2, 0.25) is 0 Å². The number of amides is 1. The number of hydrogen-bond donors (Lipinski definition) is 2. The van der Waals surface area contributed by atoms with Crippen molar-refractivity contribution < 1.29 is 14.7 Å². The van der Waals surface area contributed by atoms with Crippen LogP contribution in [0, 0.1) is 13.8 Å². The Balaban J connectivity index is 2.36. The number of hydrogen-bond acceptors (Lipinski definition) is 5. The van der Waals surface area contributed by atoms with E-state index in [4.69, 9.17) is 5.11 Å². The maximum atomic E-state index is 11.8. The van der Waals surface area contributed by atoms with E-state index in [9.17, 15) is 9.59 Å². The fourth-order valence-electron chi connectivity index (χ4n) is 2.13. The van der Waals surface area contributed by atoms with Gasteiger partial charge >= 0.3 is 5.97 Å². The molecule has 1 aromatic heterocycles. The molecule has 0 aromatic carbocycles. The zero-order valence-electron chi connectivity index (χ0n) is 10.9. The summed E-state index contributed by atoms with van der Waals surface area (Å²) in [7, 11) is 0. The second-order valence-electron chi connectivity index (χ2n) is 4.52. The van der Waals surface area contributed by atoms with E-state index in [1.54, 1.807) is 18.0 Å². The highest BCUT2D eigenvalue weighted by Crippen LogP contribution is 2.21. The molecule has 0 saturated carbocycles. The van der Waals surface area contributed by atoms with E-state index in [0.29, 0.717) is 24.6 Å². The van der Waals surface area contributed by atoms with Gasteiger partial charge in [0.1, 0.15) is 6.04 Å². The number of aromatic nitrogens is 2. The predicted octanol–water partition coefficient (Wildman–Crippen LogP) is -0.127. The SMILES string of the molecule is Cc1cnc(C)c(N2CCNC(=O)C2CC(=O)O)n1. The maximum absolute atomic E-state index is 11.8. The van der Waals surface area contributed by atoms with Crippen molar-refractivity contribution in [1.82, 2.24) is 15.3 Å². The number of anilines is 1. The largest absolute Gasteiger partial charge is 0.481 e.